The molecule has 2 aromatic carbocycles. The van der Waals surface area contributed by atoms with Crippen molar-refractivity contribution in [2.45, 2.75) is 20.4 Å². The third-order valence-electron chi connectivity index (χ3n) is 3.24. The van der Waals surface area contributed by atoms with E-state index < -0.39 is 0 Å². The van der Waals surface area contributed by atoms with Crippen LogP contribution in [0, 0.1) is 36.5 Å². The number of hydrogen-bond acceptors (Lipinski definition) is 3. The van der Waals surface area contributed by atoms with Gasteiger partial charge in [-0.25, -0.2) is 0 Å². The SMILES string of the molecule is Cc1ccc(CNc2ccc(C#N)c(C#N)c2)c(C)c1. The molecule has 0 aromatic heterocycles. The molecule has 0 saturated heterocycles. The first kappa shape index (κ1) is 13.6. The first-order valence-corrected chi connectivity index (χ1v) is 6.38. The summed E-state index contributed by atoms with van der Waals surface area (Å²) < 4.78 is 0. The van der Waals surface area contributed by atoms with Crippen molar-refractivity contribution in [3.8, 4) is 12.1 Å². The number of nitrogens with one attached hydrogen (secondary N) is 1. The van der Waals surface area contributed by atoms with Crippen molar-refractivity contribution < 1.29 is 0 Å². The van der Waals surface area contributed by atoms with E-state index in [1.807, 2.05) is 18.2 Å². The predicted octanol–water partition coefficient (Wildman–Crippen LogP) is 3.66. The molecule has 2 rings (SSSR count). The van der Waals surface area contributed by atoms with Crippen LogP contribution in [0.1, 0.15) is 27.8 Å². The molecule has 0 spiro atoms. The summed E-state index contributed by atoms with van der Waals surface area (Å²) in [6.07, 6.45) is 0. The van der Waals surface area contributed by atoms with Gasteiger partial charge < -0.3 is 5.32 Å². The summed E-state index contributed by atoms with van der Waals surface area (Å²) in [4.78, 5) is 0. The minimum atomic E-state index is 0.401. The Hall–Kier alpha value is -2.78. The number of benzene rings is 2. The quantitative estimate of drug-likeness (QED) is 0.917. The Balaban J connectivity index is 2.16. The minimum absolute atomic E-state index is 0.401. The van der Waals surface area contributed by atoms with Gasteiger partial charge in [-0.1, -0.05) is 23.8 Å². The van der Waals surface area contributed by atoms with E-state index in [-0.39, 0.29) is 0 Å². The molecule has 3 heteroatoms. The third-order valence-corrected chi connectivity index (χ3v) is 3.24. The molecule has 0 bridgehead atoms. The second kappa shape index (κ2) is 5.91. The van der Waals surface area contributed by atoms with Crippen LogP contribution >= 0.6 is 0 Å². The number of nitrogens with zero attached hydrogens (tertiary/aromatic N) is 2. The maximum atomic E-state index is 9.00. The van der Waals surface area contributed by atoms with E-state index in [1.54, 1.807) is 12.1 Å². The average Bonchev–Trinajstić information content (AvgIpc) is 2.46. The molecule has 0 heterocycles. The Labute approximate surface area is 119 Å². The molecule has 98 valence electrons. The summed E-state index contributed by atoms with van der Waals surface area (Å²) >= 11 is 0. The van der Waals surface area contributed by atoms with Crippen LogP contribution in [0.5, 0.6) is 0 Å². The number of nitriles is 2. The highest BCUT2D eigenvalue weighted by Crippen LogP contribution is 2.17. The molecule has 0 amide bonds. The molecule has 2 aromatic rings. The van der Waals surface area contributed by atoms with Crippen molar-refractivity contribution in [1.82, 2.24) is 0 Å². The molecule has 0 aliphatic carbocycles. The van der Waals surface area contributed by atoms with Crippen LogP contribution in [0.25, 0.3) is 0 Å². The van der Waals surface area contributed by atoms with Gasteiger partial charge in [0.05, 0.1) is 11.1 Å². The first-order chi connectivity index (χ1) is 9.63. The summed E-state index contributed by atoms with van der Waals surface area (Å²) in [6, 6.07) is 15.6. The topological polar surface area (TPSA) is 59.6 Å². The van der Waals surface area contributed by atoms with E-state index in [9.17, 15) is 0 Å². The predicted molar refractivity (Wildman–Crippen MR) is 79.1 cm³/mol. The smallest absolute Gasteiger partial charge is 0.101 e. The monoisotopic (exact) mass is 261 g/mol. The van der Waals surface area contributed by atoms with Crippen LogP contribution in [0.3, 0.4) is 0 Å². The molecule has 0 unspecified atom stereocenters. The van der Waals surface area contributed by atoms with Crippen LogP contribution < -0.4 is 5.32 Å². The molecule has 1 N–H and O–H groups in total. The lowest BCUT2D eigenvalue weighted by Gasteiger charge is -2.10. The van der Waals surface area contributed by atoms with E-state index in [0.717, 1.165) is 5.69 Å². The molecule has 0 fully saturated rings. The van der Waals surface area contributed by atoms with Crippen LogP contribution in [-0.2, 0) is 6.54 Å². The zero-order valence-corrected chi connectivity index (χ0v) is 11.6. The Morgan fingerprint density at radius 1 is 0.950 bits per heavy atom. The second-order valence-corrected chi connectivity index (χ2v) is 4.77. The van der Waals surface area contributed by atoms with Crippen molar-refractivity contribution >= 4 is 5.69 Å². The van der Waals surface area contributed by atoms with Gasteiger partial charge in [-0.2, -0.15) is 10.5 Å². The Morgan fingerprint density at radius 2 is 1.70 bits per heavy atom. The van der Waals surface area contributed by atoms with Gasteiger partial charge in [0, 0.05) is 12.2 Å². The Kier molecular flexibility index (Phi) is 4.03. The van der Waals surface area contributed by atoms with Gasteiger partial charge in [-0.3, -0.25) is 0 Å². The fourth-order valence-electron chi connectivity index (χ4n) is 2.09. The highest BCUT2D eigenvalue weighted by molar-refractivity contribution is 5.56. The lowest BCUT2D eigenvalue weighted by molar-refractivity contribution is 1.11. The summed E-state index contributed by atoms with van der Waals surface area (Å²) in [5.74, 6) is 0. The zero-order valence-electron chi connectivity index (χ0n) is 11.6. The maximum Gasteiger partial charge on any atom is 0.101 e. The van der Waals surface area contributed by atoms with Gasteiger partial charge in [-0.15, -0.1) is 0 Å². The zero-order chi connectivity index (χ0) is 14.5. The molecular formula is C17H15N3. The Morgan fingerprint density at radius 3 is 2.35 bits per heavy atom. The molecule has 3 nitrogen and oxygen atoms in total. The van der Waals surface area contributed by atoms with E-state index in [4.69, 9.17) is 10.5 Å². The average molecular weight is 261 g/mol. The number of anilines is 1. The fraction of sp³-hybridized carbons (Fsp3) is 0.176. The van der Waals surface area contributed by atoms with E-state index >= 15 is 0 Å². The Bertz CT molecular complexity index is 718. The van der Waals surface area contributed by atoms with Crippen LogP contribution in [0.15, 0.2) is 36.4 Å². The van der Waals surface area contributed by atoms with Crippen LogP contribution in [0.2, 0.25) is 0 Å². The second-order valence-electron chi connectivity index (χ2n) is 4.77. The highest BCUT2D eigenvalue weighted by Gasteiger charge is 2.03. The lowest BCUT2D eigenvalue weighted by atomic mass is 10.1. The third kappa shape index (κ3) is 2.96. The summed E-state index contributed by atoms with van der Waals surface area (Å²) in [5, 5.41) is 21.2. The summed E-state index contributed by atoms with van der Waals surface area (Å²) in [7, 11) is 0. The van der Waals surface area contributed by atoms with Gasteiger partial charge in [0.2, 0.25) is 0 Å². The standard InChI is InChI=1S/C17H15N3/c1-12-3-4-15(13(2)7-12)11-20-17-6-5-14(9-18)16(8-17)10-19/h3-8,20H,11H2,1-2H3. The van der Waals surface area contributed by atoms with Crippen molar-refractivity contribution in [3.05, 3.63) is 64.2 Å². The van der Waals surface area contributed by atoms with Crippen molar-refractivity contribution in [1.29, 1.82) is 10.5 Å². The molecule has 0 aliphatic rings. The van der Waals surface area contributed by atoms with E-state index in [0.29, 0.717) is 17.7 Å². The van der Waals surface area contributed by atoms with E-state index in [1.165, 1.54) is 16.7 Å². The first-order valence-electron chi connectivity index (χ1n) is 6.38. The minimum Gasteiger partial charge on any atom is -0.381 e. The van der Waals surface area contributed by atoms with Crippen LogP contribution in [0.4, 0.5) is 5.69 Å². The molecule has 0 aliphatic heterocycles. The summed E-state index contributed by atoms with van der Waals surface area (Å²) in [5.41, 5.74) is 5.37. The normalized spacial score (nSPS) is 9.60. The maximum absolute atomic E-state index is 9.00. The van der Waals surface area contributed by atoms with Crippen LogP contribution in [-0.4, -0.2) is 0 Å². The molecule has 0 saturated carbocycles. The van der Waals surface area contributed by atoms with Crippen molar-refractivity contribution in [3.63, 3.8) is 0 Å². The highest BCUT2D eigenvalue weighted by atomic mass is 14.9. The number of hydrogen-bond donors (Lipinski definition) is 1. The molecule has 0 atom stereocenters. The fourth-order valence-corrected chi connectivity index (χ4v) is 2.09. The molecular weight excluding hydrogens is 246 g/mol. The van der Waals surface area contributed by atoms with Gasteiger partial charge in [0.15, 0.2) is 0 Å². The number of aryl methyl sites for hydroxylation is 2. The lowest BCUT2D eigenvalue weighted by Crippen LogP contribution is -2.02. The van der Waals surface area contributed by atoms with Crippen molar-refractivity contribution in [2.24, 2.45) is 0 Å². The van der Waals surface area contributed by atoms with Gasteiger partial charge in [0.25, 0.3) is 0 Å². The molecule has 0 radical (unpaired) electrons. The summed E-state index contributed by atoms with van der Waals surface area (Å²) in [6.45, 7) is 4.86. The number of rotatable bonds is 3. The van der Waals surface area contributed by atoms with Gasteiger partial charge in [0.1, 0.15) is 12.1 Å². The van der Waals surface area contributed by atoms with E-state index in [2.05, 4.69) is 37.4 Å². The van der Waals surface area contributed by atoms with Gasteiger partial charge in [-0.05, 0) is 43.2 Å². The largest absolute Gasteiger partial charge is 0.381 e. The van der Waals surface area contributed by atoms with Crippen molar-refractivity contribution in [2.75, 3.05) is 5.32 Å². The van der Waals surface area contributed by atoms with Gasteiger partial charge >= 0.3 is 0 Å². The molecule has 20 heavy (non-hydrogen) atoms.